The van der Waals surface area contributed by atoms with Gasteiger partial charge in [0.2, 0.25) is 0 Å². The number of carboxylic acid groups (broad SMARTS) is 1. The lowest BCUT2D eigenvalue weighted by molar-refractivity contribution is -0.155. The first-order chi connectivity index (χ1) is 9.63. The average molecular weight is 295 g/mol. The minimum atomic E-state index is -2.00. The van der Waals surface area contributed by atoms with Gasteiger partial charge in [0.15, 0.2) is 5.60 Å². The zero-order valence-electron chi connectivity index (χ0n) is 12.6. The number of benzene rings is 1. The molecule has 1 aromatic rings. The van der Waals surface area contributed by atoms with Crippen LogP contribution in [0.4, 0.5) is 16.2 Å². The van der Waals surface area contributed by atoms with Crippen LogP contribution in [0.1, 0.15) is 12.5 Å². The molecule has 21 heavy (non-hydrogen) atoms. The molecule has 0 aliphatic heterocycles. The van der Waals surface area contributed by atoms with E-state index in [0.29, 0.717) is 5.69 Å². The number of carboxylic acids is 1. The maximum absolute atomic E-state index is 11.7. The van der Waals surface area contributed by atoms with Crippen molar-refractivity contribution in [3.63, 3.8) is 0 Å². The first-order valence-electron chi connectivity index (χ1n) is 6.42. The smallest absolute Gasteiger partial charge is 0.337 e. The lowest BCUT2D eigenvalue weighted by atomic mass is 10.1. The average Bonchev–Trinajstić information content (AvgIpc) is 2.38. The van der Waals surface area contributed by atoms with Gasteiger partial charge in [-0.2, -0.15) is 0 Å². The van der Waals surface area contributed by atoms with Crippen molar-refractivity contribution in [1.82, 2.24) is 5.32 Å². The van der Waals surface area contributed by atoms with Crippen LogP contribution in [0, 0.1) is 6.92 Å². The Morgan fingerprint density at radius 1 is 1.33 bits per heavy atom. The molecule has 0 heterocycles. The summed E-state index contributed by atoms with van der Waals surface area (Å²) in [5.74, 6) is -1.40. The van der Waals surface area contributed by atoms with Gasteiger partial charge in [-0.05, 0) is 31.5 Å². The molecule has 1 atom stereocenters. The van der Waals surface area contributed by atoms with Crippen molar-refractivity contribution < 1.29 is 19.8 Å². The maximum atomic E-state index is 11.7. The highest BCUT2D eigenvalue weighted by Crippen LogP contribution is 2.22. The zero-order valence-corrected chi connectivity index (χ0v) is 12.6. The van der Waals surface area contributed by atoms with Gasteiger partial charge in [0.05, 0.1) is 6.54 Å². The molecule has 4 N–H and O–H groups in total. The van der Waals surface area contributed by atoms with E-state index in [2.05, 4.69) is 10.6 Å². The van der Waals surface area contributed by atoms with E-state index in [1.807, 2.05) is 38.1 Å². The molecule has 1 rings (SSSR count). The Bertz CT molecular complexity index is 541. The van der Waals surface area contributed by atoms with Gasteiger partial charge in [0.1, 0.15) is 0 Å². The molecule has 2 amide bonds. The number of hydrogen-bond donors (Lipinski definition) is 4. The lowest BCUT2D eigenvalue weighted by Crippen LogP contribution is -2.47. The molecule has 0 aromatic heterocycles. The van der Waals surface area contributed by atoms with Crippen molar-refractivity contribution >= 4 is 23.4 Å². The zero-order chi connectivity index (χ0) is 16.2. The predicted octanol–water partition coefficient (Wildman–Crippen LogP) is 1.02. The number of rotatable bonds is 5. The number of nitrogens with one attached hydrogen (secondary N) is 2. The summed E-state index contributed by atoms with van der Waals surface area (Å²) in [7, 11) is 3.80. The molecule has 0 saturated carbocycles. The van der Waals surface area contributed by atoms with Gasteiger partial charge in [-0.25, -0.2) is 9.59 Å². The standard InChI is InChI=1S/C14H21N3O4/c1-9-5-6-10(7-11(9)17(3)4)16-13(20)15-8-14(2,21)12(18)19/h5-7,21H,8H2,1-4H3,(H,18,19)(H2,15,16,20). The van der Waals surface area contributed by atoms with Crippen molar-refractivity contribution in [2.24, 2.45) is 0 Å². The number of carbonyl (C=O) groups excluding carboxylic acids is 1. The fourth-order valence-electron chi connectivity index (χ4n) is 1.67. The summed E-state index contributed by atoms with van der Waals surface area (Å²) in [6.07, 6.45) is 0. The monoisotopic (exact) mass is 295 g/mol. The van der Waals surface area contributed by atoms with Crippen molar-refractivity contribution in [3.8, 4) is 0 Å². The second-order valence-corrected chi connectivity index (χ2v) is 5.28. The van der Waals surface area contributed by atoms with Gasteiger partial charge < -0.3 is 25.7 Å². The number of nitrogens with zero attached hydrogens (tertiary/aromatic N) is 1. The van der Waals surface area contributed by atoms with Crippen LogP contribution in [-0.2, 0) is 4.79 Å². The highest BCUT2D eigenvalue weighted by Gasteiger charge is 2.30. The Labute approximate surface area is 123 Å². The van der Waals surface area contributed by atoms with E-state index in [1.54, 1.807) is 6.07 Å². The molecule has 1 unspecified atom stereocenters. The van der Waals surface area contributed by atoms with E-state index in [0.717, 1.165) is 18.2 Å². The lowest BCUT2D eigenvalue weighted by Gasteiger charge is -2.19. The SMILES string of the molecule is Cc1ccc(NC(=O)NCC(C)(O)C(=O)O)cc1N(C)C. The van der Waals surface area contributed by atoms with Gasteiger partial charge in [-0.1, -0.05) is 6.07 Å². The summed E-state index contributed by atoms with van der Waals surface area (Å²) in [6.45, 7) is 2.69. The molecule has 0 aliphatic rings. The molecule has 7 heteroatoms. The highest BCUT2D eigenvalue weighted by atomic mass is 16.4. The number of urea groups is 1. The van der Waals surface area contributed by atoms with Gasteiger partial charge in [-0.15, -0.1) is 0 Å². The summed E-state index contributed by atoms with van der Waals surface area (Å²) >= 11 is 0. The van der Waals surface area contributed by atoms with Crippen LogP contribution in [0.25, 0.3) is 0 Å². The molecular formula is C14H21N3O4. The summed E-state index contributed by atoms with van der Waals surface area (Å²) < 4.78 is 0. The molecule has 0 saturated heterocycles. The highest BCUT2D eigenvalue weighted by molar-refractivity contribution is 5.90. The Morgan fingerprint density at radius 3 is 2.48 bits per heavy atom. The third-order valence-corrected chi connectivity index (χ3v) is 3.00. The van der Waals surface area contributed by atoms with Crippen molar-refractivity contribution in [2.75, 3.05) is 30.9 Å². The number of hydrogen-bond acceptors (Lipinski definition) is 4. The molecule has 0 radical (unpaired) electrons. The molecular weight excluding hydrogens is 274 g/mol. The number of aryl methyl sites for hydroxylation is 1. The largest absolute Gasteiger partial charge is 0.479 e. The van der Waals surface area contributed by atoms with Crippen LogP contribution in [0.15, 0.2) is 18.2 Å². The Hall–Kier alpha value is -2.28. The quantitative estimate of drug-likeness (QED) is 0.649. The molecule has 0 aliphatic carbocycles. The Balaban J connectivity index is 2.68. The molecule has 0 spiro atoms. The van der Waals surface area contributed by atoms with E-state index in [9.17, 15) is 14.7 Å². The van der Waals surface area contributed by atoms with Gasteiger partial charge in [-0.3, -0.25) is 0 Å². The second-order valence-electron chi connectivity index (χ2n) is 5.28. The van der Waals surface area contributed by atoms with Crippen LogP contribution in [0.2, 0.25) is 0 Å². The molecule has 0 bridgehead atoms. The van der Waals surface area contributed by atoms with Crippen LogP contribution < -0.4 is 15.5 Å². The maximum Gasteiger partial charge on any atom is 0.337 e. The number of aliphatic hydroxyl groups is 1. The number of amides is 2. The number of carbonyl (C=O) groups is 2. The second kappa shape index (κ2) is 6.45. The van der Waals surface area contributed by atoms with Crippen molar-refractivity contribution in [1.29, 1.82) is 0 Å². The number of anilines is 2. The van der Waals surface area contributed by atoms with Crippen LogP contribution in [0.3, 0.4) is 0 Å². The predicted molar refractivity (Wildman–Crippen MR) is 80.8 cm³/mol. The normalized spacial score (nSPS) is 13.2. The first kappa shape index (κ1) is 16.8. The fraction of sp³-hybridized carbons (Fsp3) is 0.429. The van der Waals surface area contributed by atoms with Crippen molar-refractivity contribution in [3.05, 3.63) is 23.8 Å². The minimum Gasteiger partial charge on any atom is -0.479 e. The summed E-state index contributed by atoms with van der Waals surface area (Å²) in [4.78, 5) is 24.4. The van der Waals surface area contributed by atoms with E-state index >= 15 is 0 Å². The number of aliphatic carboxylic acids is 1. The molecule has 116 valence electrons. The first-order valence-corrected chi connectivity index (χ1v) is 6.42. The third-order valence-electron chi connectivity index (χ3n) is 3.00. The van der Waals surface area contributed by atoms with E-state index < -0.39 is 17.6 Å². The van der Waals surface area contributed by atoms with Crippen LogP contribution >= 0.6 is 0 Å². The van der Waals surface area contributed by atoms with E-state index in [4.69, 9.17) is 5.11 Å². The molecule has 0 fully saturated rings. The van der Waals surface area contributed by atoms with E-state index in [1.165, 1.54) is 0 Å². The Morgan fingerprint density at radius 2 is 1.95 bits per heavy atom. The summed E-state index contributed by atoms with van der Waals surface area (Å²) in [5.41, 5.74) is 0.612. The van der Waals surface area contributed by atoms with Crippen LogP contribution in [-0.4, -0.2) is 48.5 Å². The van der Waals surface area contributed by atoms with E-state index in [-0.39, 0.29) is 6.54 Å². The molecule has 1 aromatic carbocycles. The fourth-order valence-corrected chi connectivity index (χ4v) is 1.67. The summed E-state index contributed by atoms with van der Waals surface area (Å²) in [5, 5.41) is 23.2. The summed E-state index contributed by atoms with van der Waals surface area (Å²) in [6, 6.07) is 4.85. The van der Waals surface area contributed by atoms with Gasteiger partial charge >= 0.3 is 12.0 Å². The third kappa shape index (κ3) is 4.64. The Kier molecular flexibility index (Phi) is 5.15. The topological polar surface area (TPSA) is 102 Å². The van der Waals surface area contributed by atoms with Crippen molar-refractivity contribution in [2.45, 2.75) is 19.4 Å². The van der Waals surface area contributed by atoms with Crippen LogP contribution in [0.5, 0.6) is 0 Å². The minimum absolute atomic E-state index is 0.388. The van der Waals surface area contributed by atoms with Gasteiger partial charge in [0.25, 0.3) is 0 Å². The van der Waals surface area contributed by atoms with Gasteiger partial charge in [0, 0.05) is 25.5 Å². The molecule has 7 nitrogen and oxygen atoms in total.